The Hall–Kier alpha value is -0.530. The summed E-state index contributed by atoms with van der Waals surface area (Å²) in [6, 6.07) is 8.86. The third kappa shape index (κ3) is 7.59. The van der Waals surface area contributed by atoms with Crippen molar-refractivity contribution >= 4 is 11.6 Å². The highest BCUT2D eigenvalue weighted by Crippen LogP contribution is 2.14. The summed E-state index contributed by atoms with van der Waals surface area (Å²) in [6.07, 6.45) is 9.18. The second kappa shape index (κ2) is 10.3. The van der Waals surface area contributed by atoms with E-state index in [1.807, 2.05) is 12.1 Å². The molecular weight excluding hydrogens is 254 g/mol. The van der Waals surface area contributed by atoms with Gasteiger partial charge in [-0.05, 0) is 37.1 Å². The Morgan fingerprint density at radius 3 is 2.32 bits per heavy atom. The lowest BCUT2D eigenvalue weighted by atomic mass is 10.00. The van der Waals surface area contributed by atoms with E-state index in [2.05, 4.69) is 31.3 Å². The molecule has 0 aromatic heterocycles. The van der Waals surface area contributed by atoms with Gasteiger partial charge in [-0.3, -0.25) is 0 Å². The maximum atomic E-state index is 5.93. The zero-order valence-corrected chi connectivity index (χ0v) is 13.2. The van der Waals surface area contributed by atoms with Gasteiger partial charge in [0.15, 0.2) is 0 Å². The lowest BCUT2D eigenvalue weighted by Crippen LogP contribution is -2.30. The molecule has 0 aliphatic carbocycles. The molecule has 1 atom stereocenters. The molecule has 19 heavy (non-hydrogen) atoms. The number of halogens is 1. The number of rotatable bonds is 10. The van der Waals surface area contributed by atoms with Crippen molar-refractivity contribution in [2.45, 2.75) is 64.8 Å². The van der Waals surface area contributed by atoms with Crippen LogP contribution in [0.1, 0.15) is 57.9 Å². The van der Waals surface area contributed by atoms with Crippen molar-refractivity contribution in [2.75, 3.05) is 6.54 Å². The van der Waals surface area contributed by atoms with Crippen molar-refractivity contribution in [3.63, 3.8) is 0 Å². The second-order valence-electron chi connectivity index (χ2n) is 5.29. The predicted octanol–water partition coefficient (Wildman–Crippen LogP) is 5.22. The number of nitrogens with one attached hydrogen (secondary N) is 1. The SMILES string of the molecule is CCCCCCCC(Cc1ccc(Cl)cc1)NCC. The van der Waals surface area contributed by atoms with Gasteiger partial charge in [-0.2, -0.15) is 0 Å². The minimum atomic E-state index is 0.604. The van der Waals surface area contributed by atoms with Crippen LogP contribution in [-0.2, 0) is 6.42 Å². The first kappa shape index (κ1) is 16.5. The molecule has 108 valence electrons. The van der Waals surface area contributed by atoms with Crippen LogP contribution in [-0.4, -0.2) is 12.6 Å². The minimum Gasteiger partial charge on any atom is -0.314 e. The van der Waals surface area contributed by atoms with Crippen LogP contribution in [0.15, 0.2) is 24.3 Å². The molecule has 0 spiro atoms. The second-order valence-corrected chi connectivity index (χ2v) is 5.72. The van der Waals surface area contributed by atoms with Crippen LogP contribution in [0.3, 0.4) is 0 Å². The van der Waals surface area contributed by atoms with Gasteiger partial charge in [0, 0.05) is 11.1 Å². The summed E-state index contributed by atoms with van der Waals surface area (Å²) < 4.78 is 0. The number of likely N-dealkylation sites (N-methyl/N-ethyl adjacent to an activating group) is 1. The maximum Gasteiger partial charge on any atom is 0.0406 e. The molecule has 2 heteroatoms. The van der Waals surface area contributed by atoms with Crippen molar-refractivity contribution in [3.05, 3.63) is 34.9 Å². The first-order valence-electron chi connectivity index (χ1n) is 7.74. The summed E-state index contributed by atoms with van der Waals surface area (Å²) >= 11 is 5.93. The number of unbranched alkanes of at least 4 members (excludes halogenated alkanes) is 4. The molecule has 1 nitrogen and oxygen atoms in total. The Kier molecular flexibility index (Phi) is 8.94. The third-order valence-electron chi connectivity index (χ3n) is 3.54. The van der Waals surface area contributed by atoms with Crippen molar-refractivity contribution in [1.29, 1.82) is 0 Å². The first-order valence-corrected chi connectivity index (χ1v) is 8.11. The largest absolute Gasteiger partial charge is 0.314 e. The lowest BCUT2D eigenvalue weighted by molar-refractivity contribution is 0.461. The van der Waals surface area contributed by atoms with Gasteiger partial charge in [0.2, 0.25) is 0 Å². The van der Waals surface area contributed by atoms with Gasteiger partial charge < -0.3 is 5.32 Å². The highest BCUT2D eigenvalue weighted by atomic mass is 35.5. The van der Waals surface area contributed by atoms with Crippen LogP contribution in [0.5, 0.6) is 0 Å². The van der Waals surface area contributed by atoms with E-state index in [-0.39, 0.29) is 0 Å². The van der Waals surface area contributed by atoms with Gasteiger partial charge >= 0.3 is 0 Å². The first-order chi connectivity index (χ1) is 9.26. The monoisotopic (exact) mass is 281 g/mol. The summed E-state index contributed by atoms with van der Waals surface area (Å²) in [4.78, 5) is 0. The number of hydrogen-bond donors (Lipinski definition) is 1. The van der Waals surface area contributed by atoms with Crippen LogP contribution in [0, 0.1) is 0 Å². The van der Waals surface area contributed by atoms with Crippen molar-refractivity contribution < 1.29 is 0 Å². The summed E-state index contributed by atoms with van der Waals surface area (Å²) in [5.41, 5.74) is 1.38. The molecule has 0 amide bonds. The van der Waals surface area contributed by atoms with E-state index < -0.39 is 0 Å². The average molecular weight is 282 g/mol. The molecule has 0 saturated heterocycles. The van der Waals surface area contributed by atoms with E-state index >= 15 is 0 Å². The quantitative estimate of drug-likeness (QED) is 0.580. The van der Waals surface area contributed by atoms with Crippen LogP contribution < -0.4 is 5.32 Å². The molecule has 0 aliphatic heterocycles. The molecule has 0 fully saturated rings. The zero-order chi connectivity index (χ0) is 13.9. The molecule has 0 bridgehead atoms. The highest BCUT2D eigenvalue weighted by molar-refractivity contribution is 6.30. The molecule has 1 unspecified atom stereocenters. The summed E-state index contributed by atoms with van der Waals surface area (Å²) in [5, 5.41) is 4.43. The molecule has 1 aromatic carbocycles. The Labute approximate surface area is 123 Å². The zero-order valence-electron chi connectivity index (χ0n) is 12.4. The fourth-order valence-electron chi connectivity index (χ4n) is 2.46. The van der Waals surface area contributed by atoms with Crippen LogP contribution in [0.2, 0.25) is 5.02 Å². The standard InChI is InChI=1S/C17H28ClN/c1-3-5-6-7-8-9-17(19-4-2)14-15-10-12-16(18)13-11-15/h10-13,17,19H,3-9,14H2,1-2H3. The fraction of sp³-hybridized carbons (Fsp3) is 0.647. The van der Waals surface area contributed by atoms with E-state index in [0.29, 0.717) is 6.04 Å². The van der Waals surface area contributed by atoms with Gasteiger partial charge in [0.1, 0.15) is 0 Å². The Morgan fingerprint density at radius 1 is 1.00 bits per heavy atom. The van der Waals surface area contributed by atoms with E-state index in [0.717, 1.165) is 18.0 Å². The molecule has 0 radical (unpaired) electrons. The topological polar surface area (TPSA) is 12.0 Å². The molecule has 0 heterocycles. The third-order valence-corrected chi connectivity index (χ3v) is 3.80. The Morgan fingerprint density at radius 2 is 1.68 bits per heavy atom. The van der Waals surface area contributed by atoms with Gasteiger partial charge in [-0.1, -0.05) is 69.7 Å². The molecular formula is C17H28ClN. The molecule has 0 saturated carbocycles. The maximum absolute atomic E-state index is 5.93. The average Bonchev–Trinajstić information content (AvgIpc) is 2.41. The summed E-state index contributed by atoms with van der Waals surface area (Å²) in [5.74, 6) is 0. The molecule has 1 aromatic rings. The van der Waals surface area contributed by atoms with Crippen molar-refractivity contribution in [1.82, 2.24) is 5.32 Å². The fourth-order valence-corrected chi connectivity index (χ4v) is 2.59. The molecule has 0 aliphatic rings. The van der Waals surface area contributed by atoms with E-state index in [1.165, 1.54) is 44.1 Å². The van der Waals surface area contributed by atoms with Crippen LogP contribution in [0.4, 0.5) is 0 Å². The van der Waals surface area contributed by atoms with Gasteiger partial charge in [-0.25, -0.2) is 0 Å². The Balaban J connectivity index is 2.33. The summed E-state index contributed by atoms with van der Waals surface area (Å²) in [6.45, 7) is 5.50. The highest BCUT2D eigenvalue weighted by Gasteiger charge is 2.08. The minimum absolute atomic E-state index is 0.604. The summed E-state index contributed by atoms with van der Waals surface area (Å²) in [7, 11) is 0. The van der Waals surface area contributed by atoms with E-state index in [1.54, 1.807) is 0 Å². The van der Waals surface area contributed by atoms with Crippen molar-refractivity contribution in [2.24, 2.45) is 0 Å². The number of hydrogen-bond acceptors (Lipinski definition) is 1. The van der Waals surface area contributed by atoms with E-state index in [4.69, 9.17) is 11.6 Å². The number of benzene rings is 1. The Bertz CT molecular complexity index is 321. The van der Waals surface area contributed by atoms with Gasteiger partial charge in [0.25, 0.3) is 0 Å². The van der Waals surface area contributed by atoms with Crippen molar-refractivity contribution in [3.8, 4) is 0 Å². The van der Waals surface area contributed by atoms with Crippen LogP contribution in [0.25, 0.3) is 0 Å². The smallest absolute Gasteiger partial charge is 0.0406 e. The molecule has 1 N–H and O–H groups in total. The van der Waals surface area contributed by atoms with Gasteiger partial charge in [-0.15, -0.1) is 0 Å². The molecule has 1 rings (SSSR count). The van der Waals surface area contributed by atoms with E-state index in [9.17, 15) is 0 Å². The predicted molar refractivity (Wildman–Crippen MR) is 86.0 cm³/mol. The normalized spacial score (nSPS) is 12.6. The van der Waals surface area contributed by atoms with Gasteiger partial charge in [0.05, 0.1) is 0 Å². The van der Waals surface area contributed by atoms with Crippen LogP contribution >= 0.6 is 11.6 Å². The lowest BCUT2D eigenvalue weighted by Gasteiger charge is -2.18.